The topological polar surface area (TPSA) is 41.6 Å². The molecule has 0 bridgehead atoms. The Morgan fingerprint density at radius 2 is 1.63 bits per heavy atom. The van der Waals surface area contributed by atoms with E-state index in [-0.39, 0.29) is 6.04 Å². The van der Waals surface area contributed by atoms with Crippen molar-refractivity contribution < 1.29 is 0 Å². The van der Waals surface area contributed by atoms with E-state index in [1.165, 1.54) is 5.56 Å². The summed E-state index contributed by atoms with van der Waals surface area (Å²) in [5.41, 5.74) is 9.20. The van der Waals surface area contributed by atoms with E-state index in [1.807, 2.05) is 24.3 Å². The van der Waals surface area contributed by atoms with Crippen LogP contribution in [-0.2, 0) is 0 Å². The number of hydrogen-bond acceptors (Lipinski definition) is 3. The highest BCUT2D eigenvalue weighted by atomic mass is 15.5. The summed E-state index contributed by atoms with van der Waals surface area (Å²) in [6, 6.07) is 21.0. The molecule has 0 fully saturated rings. The van der Waals surface area contributed by atoms with Gasteiger partial charge >= 0.3 is 0 Å². The minimum atomic E-state index is 0.252. The van der Waals surface area contributed by atoms with Crippen molar-refractivity contribution in [3.05, 3.63) is 66.2 Å². The first-order chi connectivity index (χ1) is 9.38. The third kappa shape index (κ3) is 2.37. The maximum absolute atomic E-state index is 5.76. The predicted octanol–water partition coefficient (Wildman–Crippen LogP) is 2.95. The molecule has 1 unspecified atom stereocenters. The van der Waals surface area contributed by atoms with Gasteiger partial charge in [-0.05, 0) is 17.7 Å². The highest BCUT2D eigenvalue weighted by molar-refractivity contribution is 5.90. The summed E-state index contributed by atoms with van der Waals surface area (Å²) < 4.78 is 0. The normalized spacial score (nSPS) is 18.5. The van der Waals surface area contributed by atoms with Gasteiger partial charge in [0.15, 0.2) is 0 Å². The van der Waals surface area contributed by atoms with Crippen LogP contribution in [-0.4, -0.2) is 12.3 Å². The molecule has 96 valence electrons. The van der Waals surface area contributed by atoms with Crippen LogP contribution < -0.4 is 10.7 Å². The molecule has 1 aliphatic rings. The van der Waals surface area contributed by atoms with Crippen LogP contribution in [0.2, 0.25) is 0 Å². The third-order valence-electron chi connectivity index (χ3n) is 3.41. The first-order valence-electron chi connectivity index (χ1n) is 6.54. The molecule has 0 spiro atoms. The van der Waals surface area contributed by atoms with Gasteiger partial charge in [-0.15, -0.1) is 0 Å². The Morgan fingerprint density at radius 3 is 2.26 bits per heavy atom. The van der Waals surface area contributed by atoms with Gasteiger partial charge in [0.2, 0.25) is 0 Å². The van der Waals surface area contributed by atoms with Gasteiger partial charge in [0, 0.05) is 13.0 Å². The van der Waals surface area contributed by atoms with Crippen LogP contribution in [0.4, 0.5) is 5.69 Å². The summed E-state index contributed by atoms with van der Waals surface area (Å²) in [7, 11) is 0. The van der Waals surface area contributed by atoms with Gasteiger partial charge in [-0.25, -0.2) is 0 Å². The molecule has 0 saturated carbocycles. The van der Waals surface area contributed by atoms with Crippen LogP contribution in [0.3, 0.4) is 0 Å². The number of benzene rings is 2. The smallest absolute Gasteiger partial charge is 0.0828 e. The monoisotopic (exact) mass is 251 g/mol. The Morgan fingerprint density at radius 1 is 1.00 bits per heavy atom. The fourth-order valence-corrected chi connectivity index (χ4v) is 2.45. The minimum absolute atomic E-state index is 0.252. The molecular formula is C16H17N3. The van der Waals surface area contributed by atoms with Crippen molar-refractivity contribution in [2.75, 3.05) is 11.6 Å². The molecule has 0 saturated heterocycles. The molecule has 0 aromatic heterocycles. The van der Waals surface area contributed by atoms with Gasteiger partial charge in [-0.3, -0.25) is 5.01 Å². The molecule has 0 radical (unpaired) electrons. The molecule has 0 aliphatic carbocycles. The number of rotatable bonds is 3. The van der Waals surface area contributed by atoms with E-state index in [0.29, 0.717) is 6.54 Å². The highest BCUT2D eigenvalue weighted by Crippen LogP contribution is 2.34. The lowest BCUT2D eigenvalue weighted by Gasteiger charge is -2.23. The second kappa shape index (κ2) is 5.24. The van der Waals surface area contributed by atoms with E-state index in [2.05, 4.69) is 46.5 Å². The molecule has 1 aliphatic heterocycles. The summed E-state index contributed by atoms with van der Waals surface area (Å²) in [5.74, 6) is 0. The molecule has 2 aromatic carbocycles. The quantitative estimate of drug-likeness (QED) is 0.911. The molecule has 2 aromatic rings. The van der Waals surface area contributed by atoms with E-state index in [4.69, 9.17) is 5.73 Å². The zero-order valence-electron chi connectivity index (χ0n) is 10.7. The van der Waals surface area contributed by atoms with Gasteiger partial charge in [-0.1, -0.05) is 48.5 Å². The first kappa shape index (κ1) is 11.9. The summed E-state index contributed by atoms with van der Waals surface area (Å²) in [6.45, 7) is 0.521. The predicted molar refractivity (Wildman–Crippen MR) is 79.2 cm³/mol. The van der Waals surface area contributed by atoms with Crippen molar-refractivity contribution in [3.63, 3.8) is 0 Å². The zero-order chi connectivity index (χ0) is 13.1. The van der Waals surface area contributed by atoms with Gasteiger partial charge in [-0.2, -0.15) is 5.10 Å². The Labute approximate surface area is 113 Å². The number of hydrazone groups is 1. The largest absolute Gasteiger partial charge is 0.325 e. The van der Waals surface area contributed by atoms with Crippen LogP contribution in [0, 0.1) is 0 Å². The average molecular weight is 251 g/mol. The van der Waals surface area contributed by atoms with Crippen LogP contribution in [0.15, 0.2) is 65.8 Å². The minimum Gasteiger partial charge on any atom is -0.325 e. The lowest BCUT2D eigenvalue weighted by Crippen LogP contribution is -2.18. The lowest BCUT2D eigenvalue weighted by atomic mass is 10.0. The third-order valence-corrected chi connectivity index (χ3v) is 3.41. The van der Waals surface area contributed by atoms with Crippen molar-refractivity contribution in [1.29, 1.82) is 0 Å². The molecule has 1 heterocycles. The Kier molecular flexibility index (Phi) is 3.29. The van der Waals surface area contributed by atoms with Crippen LogP contribution in [0.5, 0.6) is 0 Å². The van der Waals surface area contributed by atoms with E-state index in [0.717, 1.165) is 17.8 Å². The molecule has 0 amide bonds. The van der Waals surface area contributed by atoms with Crippen molar-refractivity contribution >= 4 is 11.4 Å². The van der Waals surface area contributed by atoms with Crippen molar-refractivity contribution in [2.24, 2.45) is 10.8 Å². The fourth-order valence-electron chi connectivity index (χ4n) is 2.45. The number of nitrogens with two attached hydrogens (primary N) is 1. The fraction of sp³-hybridized carbons (Fsp3) is 0.188. The maximum atomic E-state index is 5.76. The maximum Gasteiger partial charge on any atom is 0.0828 e. The molecule has 3 nitrogen and oxygen atoms in total. The van der Waals surface area contributed by atoms with E-state index >= 15 is 0 Å². The first-order valence-corrected chi connectivity index (χ1v) is 6.54. The Balaban J connectivity index is 1.96. The van der Waals surface area contributed by atoms with Crippen molar-refractivity contribution in [1.82, 2.24) is 0 Å². The summed E-state index contributed by atoms with van der Waals surface area (Å²) in [6.07, 6.45) is 0.898. The molecule has 19 heavy (non-hydrogen) atoms. The second-order valence-electron chi connectivity index (χ2n) is 4.68. The zero-order valence-corrected chi connectivity index (χ0v) is 10.7. The molecule has 2 N–H and O–H groups in total. The lowest BCUT2D eigenvalue weighted by molar-refractivity contribution is 0.708. The van der Waals surface area contributed by atoms with Crippen molar-refractivity contribution in [3.8, 4) is 0 Å². The molecule has 3 heteroatoms. The summed E-state index contributed by atoms with van der Waals surface area (Å²) in [4.78, 5) is 0. The van der Waals surface area contributed by atoms with Crippen molar-refractivity contribution in [2.45, 2.75) is 12.5 Å². The summed E-state index contributed by atoms with van der Waals surface area (Å²) in [5, 5.41) is 6.74. The summed E-state index contributed by atoms with van der Waals surface area (Å²) >= 11 is 0. The van der Waals surface area contributed by atoms with E-state index in [9.17, 15) is 0 Å². The molecule has 1 atom stereocenters. The van der Waals surface area contributed by atoms with Crippen LogP contribution >= 0.6 is 0 Å². The highest BCUT2D eigenvalue weighted by Gasteiger charge is 2.28. The van der Waals surface area contributed by atoms with E-state index < -0.39 is 0 Å². The second-order valence-corrected chi connectivity index (χ2v) is 4.68. The van der Waals surface area contributed by atoms with E-state index in [1.54, 1.807) is 0 Å². The Bertz CT molecular complexity index is 563. The standard InChI is InChI=1S/C16H17N3/c17-12-14-11-16(13-7-3-1-4-8-13)19(18-14)15-9-5-2-6-10-15/h1-10,16H,11-12,17H2. The number of para-hydroxylation sites is 1. The average Bonchev–Trinajstić information content (AvgIpc) is 2.93. The number of nitrogens with zero attached hydrogens (tertiary/aromatic N) is 2. The van der Waals surface area contributed by atoms with Crippen LogP contribution in [0.25, 0.3) is 0 Å². The Hall–Kier alpha value is -2.13. The number of anilines is 1. The van der Waals surface area contributed by atoms with Crippen LogP contribution in [0.1, 0.15) is 18.0 Å². The van der Waals surface area contributed by atoms with Gasteiger partial charge in [0.05, 0.1) is 17.4 Å². The van der Waals surface area contributed by atoms with Gasteiger partial charge in [0.1, 0.15) is 0 Å². The van der Waals surface area contributed by atoms with Gasteiger partial charge < -0.3 is 5.73 Å². The SMILES string of the molecule is NCC1=NN(c2ccccc2)C(c2ccccc2)C1. The molecular weight excluding hydrogens is 234 g/mol. The molecule has 3 rings (SSSR count). The van der Waals surface area contributed by atoms with Gasteiger partial charge in [0.25, 0.3) is 0 Å². The number of hydrogen-bond donors (Lipinski definition) is 1.